The summed E-state index contributed by atoms with van der Waals surface area (Å²) in [6.45, 7) is 1.46. The van der Waals surface area contributed by atoms with Crippen LogP contribution in [-0.4, -0.2) is 30.8 Å². The SMILES string of the molecule is Cc1ccc(NC(=O)CNC(=O)CNC(=O)c2ccc(Cl)cc2Cl)cc1. The van der Waals surface area contributed by atoms with E-state index >= 15 is 0 Å². The van der Waals surface area contributed by atoms with Crippen molar-refractivity contribution >= 4 is 46.6 Å². The Balaban J connectivity index is 1.75. The Kier molecular flexibility index (Phi) is 7.00. The van der Waals surface area contributed by atoms with Crippen molar-refractivity contribution in [3.63, 3.8) is 0 Å². The standard InChI is InChI=1S/C18H17Cl2N3O3/c1-11-2-5-13(6-3-11)23-17(25)10-21-16(24)9-22-18(26)14-7-4-12(19)8-15(14)20/h2-8H,9-10H2,1H3,(H,21,24)(H,22,26)(H,23,25). The van der Waals surface area contributed by atoms with Gasteiger partial charge in [-0.3, -0.25) is 14.4 Å². The first kappa shape index (κ1) is 19.8. The molecule has 0 radical (unpaired) electrons. The summed E-state index contributed by atoms with van der Waals surface area (Å²) in [7, 11) is 0. The monoisotopic (exact) mass is 393 g/mol. The predicted octanol–water partition coefficient (Wildman–Crippen LogP) is 2.79. The van der Waals surface area contributed by atoms with E-state index in [0.29, 0.717) is 10.7 Å². The Morgan fingerprint density at radius 2 is 1.54 bits per heavy atom. The summed E-state index contributed by atoms with van der Waals surface area (Å²) < 4.78 is 0. The normalized spacial score (nSPS) is 10.1. The van der Waals surface area contributed by atoms with E-state index in [1.807, 2.05) is 19.1 Å². The molecule has 0 aliphatic carbocycles. The van der Waals surface area contributed by atoms with Crippen LogP contribution in [-0.2, 0) is 9.59 Å². The first-order valence-corrected chi connectivity index (χ1v) is 8.47. The van der Waals surface area contributed by atoms with Gasteiger partial charge in [0, 0.05) is 10.7 Å². The van der Waals surface area contributed by atoms with Crippen molar-refractivity contribution in [3.05, 3.63) is 63.6 Å². The number of amides is 3. The first-order valence-electron chi connectivity index (χ1n) is 7.71. The van der Waals surface area contributed by atoms with Gasteiger partial charge in [0.25, 0.3) is 5.91 Å². The van der Waals surface area contributed by atoms with Crippen molar-refractivity contribution in [3.8, 4) is 0 Å². The zero-order valence-electron chi connectivity index (χ0n) is 13.9. The lowest BCUT2D eigenvalue weighted by Gasteiger charge is -2.09. The van der Waals surface area contributed by atoms with Gasteiger partial charge in [-0.05, 0) is 37.3 Å². The van der Waals surface area contributed by atoms with Crippen LogP contribution in [0, 0.1) is 6.92 Å². The molecule has 0 heterocycles. The third-order valence-electron chi connectivity index (χ3n) is 3.37. The molecule has 0 saturated heterocycles. The molecule has 6 nitrogen and oxygen atoms in total. The van der Waals surface area contributed by atoms with E-state index in [1.165, 1.54) is 18.2 Å². The van der Waals surface area contributed by atoms with E-state index in [9.17, 15) is 14.4 Å². The van der Waals surface area contributed by atoms with Crippen molar-refractivity contribution in [1.82, 2.24) is 10.6 Å². The number of benzene rings is 2. The summed E-state index contributed by atoms with van der Waals surface area (Å²) in [6, 6.07) is 11.7. The molecule has 0 spiro atoms. The molecule has 0 aliphatic heterocycles. The molecule has 0 unspecified atom stereocenters. The molecule has 8 heteroatoms. The Labute approximate surface area is 160 Å². The highest BCUT2D eigenvalue weighted by Crippen LogP contribution is 2.20. The summed E-state index contributed by atoms with van der Waals surface area (Å²) >= 11 is 11.7. The van der Waals surface area contributed by atoms with Crippen LogP contribution in [0.25, 0.3) is 0 Å². The Morgan fingerprint density at radius 1 is 0.885 bits per heavy atom. The fourth-order valence-electron chi connectivity index (χ4n) is 2.01. The zero-order valence-corrected chi connectivity index (χ0v) is 15.4. The number of anilines is 1. The molecule has 2 rings (SSSR count). The number of aryl methyl sites for hydroxylation is 1. The quantitative estimate of drug-likeness (QED) is 0.704. The van der Waals surface area contributed by atoms with Crippen molar-refractivity contribution in [2.45, 2.75) is 6.92 Å². The van der Waals surface area contributed by atoms with Gasteiger partial charge in [-0.25, -0.2) is 0 Å². The van der Waals surface area contributed by atoms with Crippen molar-refractivity contribution < 1.29 is 14.4 Å². The van der Waals surface area contributed by atoms with Crippen LogP contribution in [0.5, 0.6) is 0 Å². The summed E-state index contributed by atoms with van der Waals surface area (Å²) in [5.41, 5.74) is 1.93. The van der Waals surface area contributed by atoms with Gasteiger partial charge in [-0.2, -0.15) is 0 Å². The van der Waals surface area contributed by atoms with Gasteiger partial charge in [0.05, 0.1) is 23.7 Å². The Bertz CT molecular complexity index is 823. The van der Waals surface area contributed by atoms with E-state index < -0.39 is 11.8 Å². The van der Waals surface area contributed by atoms with Crippen LogP contribution in [0.1, 0.15) is 15.9 Å². The number of halogens is 2. The fourth-order valence-corrected chi connectivity index (χ4v) is 2.51. The maximum Gasteiger partial charge on any atom is 0.253 e. The van der Waals surface area contributed by atoms with E-state index in [-0.39, 0.29) is 29.6 Å². The minimum absolute atomic E-state index is 0.188. The molecule has 3 N–H and O–H groups in total. The average Bonchev–Trinajstić information content (AvgIpc) is 2.60. The molecule has 2 aromatic rings. The Morgan fingerprint density at radius 3 is 2.19 bits per heavy atom. The fraction of sp³-hybridized carbons (Fsp3) is 0.167. The smallest absolute Gasteiger partial charge is 0.253 e. The molecule has 0 aliphatic rings. The molecule has 0 fully saturated rings. The second-order valence-corrected chi connectivity index (χ2v) is 6.34. The van der Waals surface area contributed by atoms with Crippen molar-refractivity contribution in [1.29, 1.82) is 0 Å². The minimum atomic E-state index is -0.508. The number of hydrogen-bond donors (Lipinski definition) is 3. The molecular formula is C18H17Cl2N3O3. The lowest BCUT2D eigenvalue weighted by molar-refractivity contribution is -0.123. The highest BCUT2D eigenvalue weighted by molar-refractivity contribution is 6.36. The van der Waals surface area contributed by atoms with E-state index in [0.717, 1.165) is 5.56 Å². The lowest BCUT2D eigenvalue weighted by Crippen LogP contribution is -2.40. The van der Waals surface area contributed by atoms with Crippen LogP contribution in [0.3, 0.4) is 0 Å². The predicted molar refractivity (Wildman–Crippen MR) is 102 cm³/mol. The number of carbonyl (C=O) groups excluding carboxylic acids is 3. The zero-order chi connectivity index (χ0) is 19.1. The van der Waals surface area contributed by atoms with Crippen LogP contribution < -0.4 is 16.0 Å². The summed E-state index contributed by atoms with van der Waals surface area (Å²) in [5, 5.41) is 8.10. The van der Waals surface area contributed by atoms with Gasteiger partial charge in [0.2, 0.25) is 11.8 Å². The third kappa shape index (κ3) is 6.06. The number of hydrogen-bond acceptors (Lipinski definition) is 3. The average molecular weight is 394 g/mol. The number of rotatable bonds is 6. The topological polar surface area (TPSA) is 87.3 Å². The lowest BCUT2D eigenvalue weighted by atomic mass is 10.2. The highest BCUT2D eigenvalue weighted by atomic mass is 35.5. The second-order valence-electron chi connectivity index (χ2n) is 5.50. The Hall–Kier alpha value is -2.57. The molecule has 26 heavy (non-hydrogen) atoms. The van der Waals surface area contributed by atoms with Gasteiger partial charge in [0.1, 0.15) is 0 Å². The molecule has 0 atom stereocenters. The number of carbonyl (C=O) groups is 3. The molecule has 0 aromatic heterocycles. The second kappa shape index (κ2) is 9.22. The van der Waals surface area contributed by atoms with Gasteiger partial charge in [0.15, 0.2) is 0 Å². The van der Waals surface area contributed by atoms with Crippen molar-refractivity contribution in [2.24, 2.45) is 0 Å². The van der Waals surface area contributed by atoms with Crippen LogP contribution in [0.2, 0.25) is 10.0 Å². The van der Waals surface area contributed by atoms with E-state index in [4.69, 9.17) is 23.2 Å². The third-order valence-corrected chi connectivity index (χ3v) is 3.91. The maximum atomic E-state index is 12.0. The van der Waals surface area contributed by atoms with Gasteiger partial charge in [-0.1, -0.05) is 40.9 Å². The highest BCUT2D eigenvalue weighted by Gasteiger charge is 2.12. The van der Waals surface area contributed by atoms with Crippen molar-refractivity contribution in [2.75, 3.05) is 18.4 Å². The largest absolute Gasteiger partial charge is 0.345 e. The first-order chi connectivity index (χ1) is 12.3. The van der Waals surface area contributed by atoms with E-state index in [2.05, 4.69) is 16.0 Å². The van der Waals surface area contributed by atoms with E-state index in [1.54, 1.807) is 12.1 Å². The summed E-state index contributed by atoms with van der Waals surface area (Å²) in [6.07, 6.45) is 0. The van der Waals surface area contributed by atoms with Crippen LogP contribution in [0.4, 0.5) is 5.69 Å². The van der Waals surface area contributed by atoms with Gasteiger partial charge in [-0.15, -0.1) is 0 Å². The van der Waals surface area contributed by atoms with Crippen LogP contribution in [0.15, 0.2) is 42.5 Å². The van der Waals surface area contributed by atoms with Crippen LogP contribution >= 0.6 is 23.2 Å². The molecule has 2 aromatic carbocycles. The molecule has 0 saturated carbocycles. The molecular weight excluding hydrogens is 377 g/mol. The molecule has 3 amide bonds. The maximum absolute atomic E-state index is 12.0. The molecule has 136 valence electrons. The summed E-state index contributed by atoms with van der Waals surface area (Å²) in [5.74, 6) is -1.37. The molecule has 0 bridgehead atoms. The minimum Gasteiger partial charge on any atom is -0.345 e. The van der Waals surface area contributed by atoms with Gasteiger partial charge >= 0.3 is 0 Å². The van der Waals surface area contributed by atoms with Gasteiger partial charge < -0.3 is 16.0 Å². The number of nitrogens with one attached hydrogen (secondary N) is 3. The summed E-state index contributed by atoms with van der Waals surface area (Å²) in [4.78, 5) is 35.5.